The fraction of sp³-hybridized carbons (Fsp3) is 0.176. The van der Waals surface area contributed by atoms with E-state index in [1.54, 1.807) is 0 Å². The molecule has 1 aliphatic rings. The highest BCUT2D eigenvalue weighted by Gasteiger charge is 2.51. The van der Waals surface area contributed by atoms with Crippen LogP contribution in [0.15, 0.2) is 115 Å². The summed E-state index contributed by atoms with van der Waals surface area (Å²) in [6, 6.07) is 39.4. The SMILES string of the molecule is CC1(C)OB(c2ccc(-c3nc(-c4ccccc4)cc(-c4cccc(-c5ccccc5)c4)n3)cc2)OC1(C)C. The molecule has 1 aromatic heterocycles. The summed E-state index contributed by atoms with van der Waals surface area (Å²) >= 11 is 0. The maximum Gasteiger partial charge on any atom is 0.494 e. The Labute approximate surface area is 230 Å². The van der Waals surface area contributed by atoms with Gasteiger partial charge in [0.15, 0.2) is 5.82 Å². The van der Waals surface area contributed by atoms with Gasteiger partial charge in [0, 0.05) is 16.7 Å². The molecule has 4 nitrogen and oxygen atoms in total. The Balaban J connectivity index is 1.39. The molecule has 192 valence electrons. The van der Waals surface area contributed by atoms with Gasteiger partial charge < -0.3 is 9.31 Å². The third-order valence-electron chi connectivity index (χ3n) is 7.76. The van der Waals surface area contributed by atoms with Crippen LogP contribution in [-0.2, 0) is 9.31 Å². The first kappa shape index (κ1) is 25.2. The van der Waals surface area contributed by atoms with Crippen molar-refractivity contribution in [1.29, 1.82) is 0 Å². The number of benzene rings is 4. The topological polar surface area (TPSA) is 44.2 Å². The maximum atomic E-state index is 6.24. The van der Waals surface area contributed by atoms with Crippen LogP contribution in [0, 0.1) is 0 Å². The van der Waals surface area contributed by atoms with Crippen LogP contribution in [0.4, 0.5) is 0 Å². The van der Waals surface area contributed by atoms with E-state index >= 15 is 0 Å². The monoisotopic (exact) mass is 510 g/mol. The molecule has 2 heterocycles. The summed E-state index contributed by atoms with van der Waals surface area (Å²) in [4.78, 5) is 10.0. The zero-order chi connectivity index (χ0) is 27.0. The summed E-state index contributed by atoms with van der Waals surface area (Å²) in [7, 11) is -0.406. The van der Waals surface area contributed by atoms with Gasteiger partial charge >= 0.3 is 7.12 Å². The molecule has 39 heavy (non-hydrogen) atoms. The Morgan fingerprint density at radius 1 is 0.487 bits per heavy atom. The molecule has 0 N–H and O–H groups in total. The van der Waals surface area contributed by atoms with E-state index in [9.17, 15) is 0 Å². The van der Waals surface area contributed by atoms with Gasteiger partial charge in [-0.2, -0.15) is 0 Å². The lowest BCUT2D eigenvalue weighted by Gasteiger charge is -2.32. The van der Waals surface area contributed by atoms with E-state index in [1.165, 1.54) is 5.56 Å². The molecule has 0 radical (unpaired) electrons. The summed E-state index contributed by atoms with van der Waals surface area (Å²) in [5.74, 6) is 0.678. The van der Waals surface area contributed by atoms with Crippen LogP contribution in [0.5, 0.6) is 0 Å². The minimum absolute atomic E-state index is 0.382. The van der Waals surface area contributed by atoms with E-state index in [0.29, 0.717) is 5.82 Å². The average molecular weight is 510 g/mol. The highest BCUT2D eigenvalue weighted by Crippen LogP contribution is 2.36. The molecule has 1 saturated heterocycles. The minimum Gasteiger partial charge on any atom is -0.399 e. The summed E-state index contributed by atoms with van der Waals surface area (Å²) in [6.07, 6.45) is 0. The second-order valence-corrected chi connectivity index (χ2v) is 11.0. The van der Waals surface area contributed by atoms with E-state index < -0.39 is 7.12 Å². The average Bonchev–Trinajstić information content (AvgIpc) is 3.20. The van der Waals surface area contributed by atoms with Gasteiger partial charge in [0.05, 0.1) is 22.6 Å². The molecule has 0 bridgehead atoms. The van der Waals surface area contributed by atoms with Crippen molar-refractivity contribution in [2.75, 3.05) is 0 Å². The second kappa shape index (κ2) is 9.92. The molecule has 1 fully saturated rings. The first-order valence-corrected chi connectivity index (χ1v) is 13.4. The Morgan fingerprint density at radius 2 is 1.00 bits per heavy atom. The van der Waals surface area contributed by atoms with Crippen LogP contribution in [0.25, 0.3) is 45.0 Å². The molecular weight excluding hydrogens is 479 g/mol. The Hall–Kier alpha value is -4.06. The molecule has 1 aliphatic heterocycles. The van der Waals surface area contributed by atoms with E-state index in [4.69, 9.17) is 19.3 Å². The van der Waals surface area contributed by atoms with Crippen molar-refractivity contribution in [1.82, 2.24) is 9.97 Å². The largest absolute Gasteiger partial charge is 0.494 e. The molecule has 6 rings (SSSR count). The van der Waals surface area contributed by atoms with Gasteiger partial charge in [-0.25, -0.2) is 9.97 Å². The van der Waals surface area contributed by atoms with Gasteiger partial charge in [0.25, 0.3) is 0 Å². The summed E-state index contributed by atoms with van der Waals surface area (Å²) in [6.45, 7) is 8.27. The predicted octanol–water partition coefficient (Wildman–Crippen LogP) is 7.44. The molecule has 0 amide bonds. The van der Waals surface area contributed by atoms with Crippen LogP contribution in [-0.4, -0.2) is 28.3 Å². The Kier molecular flexibility index (Phi) is 6.42. The lowest BCUT2D eigenvalue weighted by Crippen LogP contribution is -2.41. The fourth-order valence-corrected chi connectivity index (χ4v) is 4.74. The molecule has 5 heteroatoms. The van der Waals surface area contributed by atoms with Crippen molar-refractivity contribution >= 4 is 12.6 Å². The van der Waals surface area contributed by atoms with Gasteiger partial charge in [-0.05, 0) is 56.4 Å². The zero-order valence-electron chi connectivity index (χ0n) is 22.8. The zero-order valence-corrected chi connectivity index (χ0v) is 22.8. The van der Waals surface area contributed by atoms with Gasteiger partial charge in [-0.3, -0.25) is 0 Å². The maximum absolute atomic E-state index is 6.24. The summed E-state index contributed by atoms with van der Waals surface area (Å²) < 4.78 is 12.5. The highest BCUT2D eigenvalue weighted by atomic mass is 16.7. The van der Waals surface area contributed by atoms with Crippen LogP contribution < -0.4 is 5.46 Å². The van der Waals surface area contributed by atoms with Crippen molar-refractivity contribution in [2.24, 2.45) is 0 Å². The Morgan fingerprint density at radius 3 is 1.62 bits per heavy atom. The standard InChI is InChI=1S/C34H31BN2O2/c1-33(2)34(3,4)39-35(38-33)29-20-18-26(19-21-29)32-36-30(25-14-9-6-10-15-25)23-31(37-32)28-17-11-16-27(22-28)24-12-7-5-8-13-24/h5-23H,1-4H3. The smallest absolute Gasteiger partial charge is 0.399 e. The summed E-state index contributed by atoms with van der Waals surface area (Å²) in [5, 5.41) is 0. The molecule has 0 saturated carbocycles. The highest BCUT2D eigenvalue weighted by molar-refractivity contribution is 6.62. The van der Waals surface area contributed by atoms with Crippen LogP contribution in [0.2, 0.25) is 0 Å². The van der Waals surface area contributed by atoms with E-state index in [0.717, 1.165) is 39.1 Å². The van der Waals surface area contributed by atoms with Gasteiger partial charge in [-0.15, -0.1) is 0 Å². The van der Waals surface area contributed by atoms with Crippen LogP contribution in [0.3, 0.4) is 0 Å². The number of hydrogen-bond acceptors (Lipinski definition) is 4. The number of aromatic nitrogens is 2. The van der Waals surface area contributed by atoms with E-state index in [2.05, 4.69) is 107 Å². The van der Waals surface area contributed by atoms with Crippen molar-refractivity contribution in [3.63, 3.8) is 0 Å². The van der Waals surface area contributed by atoms with Crippen LogP contribution >= 0.6 is 0 Å². The van der Waals surface area contributed by atoms with Gasteiger partial charge in [0.1, 0.15) is 0 Å². The Bertz CT molecular complexity index is 1580. The third-order valence-corrected chi connectivity index (χ3v) is 7.76. The first-order chi connectivity index (χ1) is 18.8. The lowest BCUT2D eigenvalue weighted by atomic mass is 9.79. The van der Waals surface area contributed by atoms with E-state index in [1.807, 2.05) is 36.4 Å². The molecular formula is C34H31BN2O2. The third kappa shape index (κ3) is 5.03. The van der Waals surface area contributed by atoms with Gasteiger partial charge in [-0.1, -0.05) is 103 Å². The van der Waals surface area contributed by atoms with Crippen molar-refractivity contribution in [3.8, 4) is 45.0 Å². The van der Waals surface area contributed by atoms with E-state index in [-0.39, 0.29) is 11.2 Å². The molecule has 0 atom stereocenters. The van der Waals surface area contributed by atoms with Crippen molar-refractivity contribution < 1.29 is 9.31 Å². The molecule has 5 aromatic rings. The minimum atomic E-state index is -0.406. The number of rotatable bonds is 5. The van der Waals surface area contributed by atoms with Crippen molar-refractivity contribution in [3.05, 3.63) is 115 Å². The number of nitrogens with zero attached hydrogens (tertiary/aromatic N) is 2. The second-order valence-electron chi connectivity index (χ2n) is 11.0. The van der Waals surface area contributed by atoms with Crippen LogP contribution in [0.1, 0.15) is 27.7 Å². The molecule has 4 aromatic carbocycles. The lowest BCUT2D eigenvalue weighted by molar-refractivity contribution is 0.00578. The molecule has 0 spiro atoms. The molecule has 0 unspecified atom stereocenters. The normalized spacial score (nSPS) is 15.8. The fourth-order valence-electron chi connectivity index (χ4n) is 4.74. The summed E-state index contributed by atoms with van der Waals surface area (Å²) in [5.41, 5.74) is 7.35. The first-order valence-electron chi connectivity index (χ1n) is 13.4. The quantitative estimate of drug-likeness (QED) is 0.231. The van der Waals surface area contributed by atoms with Crippen molar-refractivity contribution in [2.45, 2.75) is 38.9 Å². The van der Waals surface area contributed by atoms with Gasteiger partial charge in [0.2, 0.25) is 0 Å². The number of hydrogen-bond donors (Lipinski definition) is 0. The predicted molar refractivity (Wildman–Crippen MR) is 159 cm³/mol. The molecule has 0 aliphatic carbocycles.